The van der Waals surface area contributed by atoms with Crippen molar-refractivity contribution in [1.82, 2.24) is 14.5 Å². The maximum absolute atomic E-state index is 13.8. The van der Waals surface area contributed by atoms with Crippen molar-refractivity contribution in [3.05, 3.63) is 28.5 Å². The molecule has 1 aliphatic rings. The highest BCUT2D eigenvalue weighted by Crippen LogP contribution is 2.23. The summed E-state index contributed by atoms with van der Waals surface area (Å²) in [6.45, 7) is 4.88. The van der Waals surface area contributed by atoms with E-state index in [-0.39, 0.29) is 5.52 Å². The largest absolute Gasteiger partial charge is 0.328 e. The molecule has 0 bridgehead atoms. The van der Waals surface area contributed by atoms with Crippen molar-refractivity contribution in [2.75, 3.05) is 13.1 Å². The van der Waals surface area contributed by atoms with Crippen LogP contribution >= 0.6 is 12.2 Å². The lowest BCUT2D eigenvalue weighted by molar-refractivity contribution is 0.245. The van der Waals surface area contributed by atoms with Gasteiger partial charge in [-0.3, -0.25) is 4.90 Å². The summed E-state index contributed by atoms with van der Waals surface area (Å²) in [4.78, 5) is 5.23. The van der Waals surface area contributed by atoms with E-state index < -0.39 is 11.6 Å². The summed E-state index contributed by atoms with van der Waals surface area (Å²) in [6.07, 6.45) is 2.26. The van der Waals surface area contributed by atoms with Crippen molar-refractivity contribution < 1.29 is 8.78 Å². The van der Waals surface area contributed by atoms with Crippen molar-refractivity contribution in [3.63, 3.8) is 0 Å². The van der Waals surface area contributed by atoms with Crippen LogP contribution in [-0.2, 0) is 6.54 Å². The fraction of sp³-hybridized carbons (Fsp3) is 0.500. The van der Waals surface area contributed by atoms with Crippen LogP contribution in [0.3, 0.4) is 0 Å². The average Bonchev–Trinajstić information content (AvgIpc) is 2.97. The molecule has 0 radical (unpaired) electrons. The van der Waals surface area contributed by atoms with Crippen LogP contribution in [-0.4, -0.2) is 33.6 Å². The second-order valence-corrected chi connectivity index (χ2v) is 5.63. The number of imidazole rings is 1. The third-order valence-electron chi connectivity index (χ3n) is 4.10. The van der Waals surface area contributed by atoms with E-state index in [4.69, 9.17) is 12.2 Å². The van der Waals surface area contributed by atoms with Crippen LogP contribution < -0.4 is 0 Å². The lowest BCUT2D eigenvalue weighted by Crippen LogP contribution is -2.32. The number of nitrogens with zero attached hydrogens (tertiary/aromatic N) is 2. The third-order valence-corrected chi connectivity index (χ3v) is 4.42. The standard InChI is InChI=1S/C14H17F2N3S/c1-2-18-5-3-4-10(18)8-19-12-7-9(15)6-11(16)13(12)17-14(19)20/h6-7,10H,2-5,8H2,1H3,(H,17,20). The van der Waals surface area contributed by atoms with Gasteiger partial charge in [0.25, 0.3) is 0 Å². The molecule has 108 valence electrons. The van der Waals surface area contributed by atoms with Crippen LogP contribution in [0.15, 0.2) is 12.1 Å². The maximum Gasteiger partial charge on any atom is 0.178 e. The highest BCUT2D eigenvalue weighted by molar-refractivity contribution is 7.71. The summed E-state index contributed by atoms with van der Waals surface area (Å²) in [5, 5.41) is 0. The molecule has 6 heteroatoms. The number of aromatic nitrogens is 2. The van der Waals surface area contributed by atoms with Gasteiger partial charge in [0.1, 0.15) is 11.3 Å². The molecule has 1 atom stereocenters. The topological polar surface area (TPSA) is 24.0 Å². The van der Waals surface area contributed by atoms with E-state index in [1.807, 2.05) is 4.57 Å². The molecule has 2 aromatic rings. The Hall–Kier alpha value is -1.27. The number of H-pyrrole nitrogens is 1. The number of likely N-dealkylation sites (N-methyl/N-ethyl adjacent to an activating group) is 1. The minimum absolute atomic E-state index is 0.289. The summed E-state index contributed by atoms with van der Waals surface area (Å²) < 4.78 is 29.5. The van der Waals surface area contributed by atoms with E-state index in [2.05, 4.69) is 16.8 Å². The normalized spacial score (nSPS) is 20.1. The van der Waals surface area contributed by atoms with Gasteiger partial charge < -0.3 is 9.55 Å². The number of likely N-dealkylation sites (tertiary alicyclic amines) is 1. The summed E-state index contributed by atoms with van der Waals surface area (Å²) in [5.41, 5.74) is 0.799. The third kappa shape index (κ3) is 2.27. The first-order valence-corrected chi connectivity index (χ1v) is 7.32. The Balaban J connectivity index is 2.03. The zero-order valence-corrected chi connectivity index (χ0v) is 12.1. The lowest BCUT2D eigenvalue weighted by Gasteiger charge is -2.23. The Morgan fingerprint density at radius 3 is 2.95 bits per heavy atom. The SMILES string of the molecule is CCN1CCCC1Cn1c(=S)[nH]c2c(F)cc(F)cc21. The first-order chi connectivity index (χ1) is 9.60. The van der Waals surface area contributed by atoms with E-state index in [1.54, 1.807) is 0 Å². The summed E-state index contributed by atoms with van der Waals surface area (Å²) in [5.74, 6) is -1.17. The van der Waals surface area contributed by atoms with Crippen LogP contribution in [0.25, 0.3) is 11.0 Å². The minimum atomic E-state index is -0.594. The van der Waals surface area contributed by atoms with E-state index in [0.29, 0.717) is 22.9 Å². The molecule has 3 nitrogen and oxygen atoms in total. The van der Waals surface area contributed by atoms with Gasteiger partial charge in [-0.05, 0) is 44.2 Å². The lowest BCUT2D eigenvalue weighted by atomic mass is 10.2. The van der Waals surface area contributed by atoms with E-state index in [0.717, 1.165) is 32.0 Å². The Kier molecular flexibility index (Phi) is 3.60. The van der Waals surface area contributed by atoms with Crippen LogP contribution in [0.1, 0.15) is 19.8 Å². The maximum atomic E-state index is 13.8. The highest BCUT2D eigenvalue weighted by Gasteiger charge is 2.24. The molecule has 1 aromatic carbocycles. The molecule has 0 spiro atoms. The van der Waals surface area contributed by atoms with Gasteiger partial charge >= 0.3 is 0 Å². The first kappa shape index (κ1) is 13.7. The zero-order chi connectivity index (χ0) is 14.3. The molecule has 1 unspecified atom stereocenters. The number of halogens is 2. The monoisotopic (exact) mass is 297 g/mol. The van der Waals surface area contributed by atoms with Gasteiger partial charge in [-0.1, -0.05) is 6.92 Å². The van der Waals surface area contributed by atoms with Gasteiger partial charge in [-0.2, -0.15) is 0 Å². The van der Waals surface area contributed by atoms with Crippen molar-refractivity contribution in [1.29, 1.82) is 0 Å². The van der Waals surface area contributed by atoms with Gasteiger partial charge in [0, 0.05) is 18.7 Å². The van der Waals surface area contributed by atoms with E-state index >= 15 is 0 Å². The highest BCUT2D eigenvalue weighted by atomic mass is 32.1. The van der Waals surface area contributed by atoms with Gasteiger partial charge in [-0.25, -0.2) is 8.78 Å². The predicted octanol–water partition coefficient (Wildman–Crippen LogP) is 3.46. The minimum Gasteiger partial charge on any atom is -0.328 e. The molecule has 1 aromatic heterocycles. The summed E-state index contributed by atoms with van der Waals surface area (Å²) in [7, 11) is 0. The number of hydrogen-bond acceptors (Lipinski definition) is 2. The Bertz CT molecular complexity index is 692. The first-order valence-electron chi connectivity index (χ1n) is 6.91. The quantitative estimate of drug-likeness (QED) is 0.877. The Morgan fingerprint density at radius 2 is 2.20 bits per heavy atom. The zero-order valence-electron chi connectivity index (χ0n) is 11.3. The number of aromatic amines is 1. The predicted molar refractivity (Wildman–Crippen MR) is 77.3 cm³/mol. The summed E-state index contributed by atoms with van der Waals surface area (Å²) in [6, 6.07) is 2.61. The number of nitrogens with one attached hydrogen (secondary N) is 1. The van der Waals surface area contributed by atoms with E-state index in [1.165, 1.54) is 6.07 Å². The molecule has 1 saturated heterocycles. The summed E-state index contributed by atoms with van der Waals surface area (Å²) >= 11 is 5.27. The second-order valence-electron chi connectivity index (χ2n) is 5.25. The number of fused-ring (bicyclic) bond motifs is 1. The Labute approximate surface area is 121 Å². The fourth-order valence-corrected chi connectivity index (χ4v) is 3.37. The average molecular weight is 297 g/mol. The molecule has 2 heterocycles. The van der Waals surface area contributed by atoms with Crippen molar-refractivity contribution in [2.45, 2.75) is 32.4 Å². The van der Waals surface area contributed by atoms with Crippen LogP contribution in [0.4, 0.5) is 8.78 Å². The van der Waals surface area contributed by atoms with Gasteiger partial charge in [0.05, 0.1) is 5.52 Å². The van der Waals surface area contributed by atoms with Crippen LogP contribution in [0.2, 0.25) is 0 Å². The smallest absolute Gasteiger partial charge is 0.178 e. The van der Waals surface area contributed by atoms with Crippen LogP contribution in [0, 0.1) is 16.4 Å². The molecule has 0 aliphatic carbocycles. The fourth-order valence-electron chi connectivity index (χ4n) is 3.09. The Morgan fingerprint density at radius 1 is 1.40 bits per heavy atom. The van der Waals surface area contributed by atoms with Gasteiger partial charge in [0.15, 0.2) is 10.6 Å². The number of rotatable bonds is 3. The number of hydrogen-bond donors (Lipinski definition) is 1. The number of benzene rings is 1. The molecular formula is C14H17F2N3S. The molecule has 1 N–H and O–H groups in total. The molecule has 1 fully saturated rings. The molecular weight excluding hydrogens is 280 g/mol. The molecule has 3 rings (SSSR count). The molecule has 1 aliphatic heterocycles. The second kappa shape index (κ2) is 5.26. The molecule has 20 heavy (non-hydrogen) atoms. The van der Waals surface area contributed by atoms with Gasteiger partial charge in [0.2, 0.25) is 0 Å². The molecule has 0 amide bonds. The van der Waals surface area contributed by atoms with Crippen molar-refractivity contribution >= 4 is 23.3 Å². The van der Waals surface area contributed by atoms with E-state index in [9.17, 15) is 8.78 Å². The van der Waals surface area contributed by atoms with Gasteiger partial charge in [-0.15, -0.1) is 0 Å². The van der Waals surface area contributed by atoms with Crippen molar-refractivity contribution in [2.24, 2.45) is 0 Å². The van der Waals surface area contributed by atoms with Crippen LogP contribution in [0.5, 0.6) is 0 Å². The molecule has 0 saturated carbocycles. The van der Waals surface area contributed by atoms with Crippen molar-refractivity contribution in [3.8, 4) is 0 Å².